The summed E-state index contributed by atoms with van der Waals surface area (Å²) < 4.78 is 10.6. The lowest BCUT2D eigenvalue weighted by molar-refractivity contribution is -0.384. The number of carbonyl (C=O) groups is 1. The molecule has 0 fully saturated rings. The second-order valence-corrected chi connectivity index (χ2v) is 6.89. The van der Waals surface area contributed by atoms with Crippen molar-refractivity contribution < 1.29 is 19.2 Å². The number of amides is 1. The summed E-state index contributed by atoms with van der Waals surface area (Å²) >= 11 is 0. The summed E-state index contributed by atoms with van der Waals surface area (Å²) in [4.78, 5) is 22.9. The lowest BCUT2D eigenvalue weighted by Gasteiger charge is -2.26. The molecule has 7 nitrogen and oxygen atoms in total. The highest BCUT2D eigenvalue weighted by atomic mass is 16.6. The summed E-state index contributed by atoms with van der Waals surface area (Å²) in [5.74, 6) is 0.999. The normalized spacial score (nSPS) is 11.0. The first-order valence-electron chi connectivity index (χ1n) is 8.45. The van der Waals surface area contributed by atoms with Gasteiger partial charge in [0.25, 0.3) is 11.6 Å². The first kappa shape index (κ1) is 20.2. The van der Waals surface area contributed by atoms with E-state index in [0.29, 0.717) is 29.2 Å². The van der Waals surface area contributed by atoms with Crippen molar-refractivity contribution in [3.63, 3.8) is 0 Å². The third-order valence-electron chi connectivity index (χ3n) is 4.52. The highest BCUT2D eigenvalue weighted by Crippen LogP contribution is 2.33. The van der Waals surface area contributed by atoms with Crippen LogP contribution in [0.25, 0.3) is 0 Å². The Balaban J connectivity index is 2.15. The topological polar surface area (TPSA) is 90.7 Å². The molecule has 0 radical (unpaired) electrons. The Morgan fingerprint density at radius 1 is 1.11 bits per heavy atom. The average molecular weight is 372 g/mol. The number of nitro benzene ring substituents is 1. The predicted octanol–water partition coefficient (Wildman–Crippen LogP) is 3.63. The molecule has 0 atom stereocenters. The summed E-state index contributed by atoms with van der Waals surface area (Å²) in [6.07, 6.45) is 0. The quantitative estimate of drug-likeness (QED) is 0.592. The molecule has 0 aromatic heterocycles. The number of aryl methyl sites for hydroxylation is 1. The summed E-state index contributed by atoms with van der Waals surface area (Å²) in [6, 6.07) is 9.87. The molecule has 2 aromatic carbocycles. The van der Waals surface area contributed by atoms with Crippen LogP contribution in [0.3, 0.4) is 0 Å². The highest BCUT2D eigenvalue weighted by Gasteiger charge is 2.24. The van der Waals surface area contributed by atoms with Crippen LogP contribution in [0.4, 0.5) is 5.69 Å². The SMILES string of the molecule is COc1ccc(C(C)(C)CNC(=O)c2ccc([N+](=O)[O-])cc2C)cc1OC. The summed E-state index contributed by atoms with van der Waals surface area (Å²) in [5, 5.41) is 13.7. The van der Waals surface area contributed by atoms with Gasteiger partial charge in [0.05, 0.1) is 19.1 Å². The molecule has 0 spiro atoms. The van der Waals surface area contributed by atoms with E-state index in [2.05, 4.69) is 5.32 Å². The summed E-state index contributed by atoms with van der Waals surface area (Å²) in [7, 11) is 3.16. The van der Waals surface area contributed by atoms with Crippen LogP contribution in [-0.4, -0.2) is 31.6 Å². The maximum absolute atomic E-state index is 12.5. The molecular weight excluding hydrogens is 348 g/mol. The minimum absolute atomic E-state index is 0.0327. The fraction of sp³-hybridized carbons (Fsp3) is 0.350. The Hall–Kier alpha value is -3.09. The second-order valence-electron chi connectivity index (χ2n) is 6.89. The van der Waals surface area contributed by atoms with Crippen molar-refractivity contribution in [3.8, 4) is 11.5 Å². The third-order valence-corrected chi connectivity index (χ3v) is 4.52. The van der Waals surface area contributed by atoms with Gasteiger partial charge in [-0.3, -0.25) is 14.9 Å². The monoisotopic (exact) mass is 372 g/mol. The van der Waals surface area contributed by atoms with Crippen LogP contribution >= 0.6 is 0 Å². The van der Waals surface area contributed by atoms with E-state index in [0.717, 1.165) is 5.56 Å². The predicted molar refractivity (Wildman–Crippen MR) is 103 cm³/mol. The summed E-state index contributed by atoms with van der Waals surface area (Å²) in [6.45, 7) is 6.09. The largest absolute Gasteiger partial charge is 0.493 e. The Labute approximate surface area is 158 Å². The van der Waals surface area contributed by atoms with E-state index < -0.39 is 4.92 Å². The molecule has 1 N–H and O–H groups in total. The fourth-order valence-corrected chi connectivity index (χ4v) is 2.77. The highest BCUT2D eigenvalue weighted by molar-refractivity contribution is 5.96. The van der Waals surface area contributed by atoms with Crippen LogP contribution in [0.1, 0.15) is 35.3 Å². The van der Waals surface area contributed by atoms with Gasteiger partial charge in [0.2, 0.25) is 0 Å². The van der Waals surface area contributed by atoms with Gasteiger partial charge >= 0.3 is 0 Å². The number of methoxy groups -OCH3 is 2. The molecule has 2 aromatic rings. The van der Waals surface area contributed by atoms with Crippen molar-refractivity contribution in [2.24, 2.45) is 0 Å². The van der Waals surface area contributed by atoms with Crippen molar-refractivity contribution in [1.82, 2.24) is 5.32 Å². The Kier molecular flexibility index (Phi) is 6.05. The number of nitrogens with one attached hydrogen (secondary N) is 1. The van der Waals surface area contributed by atoms with E-state index in [1.165, 1.54) is 18.2 Å². The van der Waals surface area contributed by atoms with E-state index in [-0.39, 0.29) is 17.0 Å². The third kappa shape index (κ3) is 4.55. The number of hydrogen-bond acceptors (Lipinski definition) is 5. The molecular formula is C20H24N2O5. The Bertz CT molecular complexity index is 861. The molecule has 0 aliphatic rings. The molecule has 27 heavy (non-hydrogen) atoms. The van der Waals surface area contributed by atoms with Gasteiger partial charge in [0, 0.05) is 29.7 Å². The molecule has 7 heteroatoms. The fourth-order valence-electron chi connectivity index (χ4n) is 2.77. The number of carbonyl (C=O) groups excluding carboxylic acids is 1. The molecule has 0 aliphatic carbocycles. The van der Waals surface area contributed by atoms with Crippen LogP contribution in [0, 0.1) is 17.0 Å². The molecule has 0 bridgehead atoms. The van der Waals surface area contributed by atoms with Crippen LogP contribution in [0.2, 0.25) is 0 Å². The van der Waals surface area contributed by atoms with Gasteiger partial charge in [-0.1, -0.05) is 19.9 Å². The molecule has 0 saturated heterocycles. The number of rotatable bonds is 7. The first-order valence-corrected chi connectivity index (χ1v) is 8.45. The van der Waals surface area contributed by atoms with E-state index in [1.807, 2.05) is 32.0 Å². The number of non-ortho nitro benzene ring substituents is 1. The van der Waals surface area contributed by atoms with Crippen LogP contribution in [0.15, 0.2) is 36.4 Å². The molecule has 1 amide bonds. The maximum atomic E-state index is 12.5. The minimum Gasteiger partial charge on any atom is -0.493 e. The van der Waals surface area contributed by atoms with Crippen molar-refractivity contribution in [2.75, 3.05) is 20.8 Å². The molecule has 144 valence electrons. The van der Waals surface area contributed by atoms with E-state index >= 15 is 0 Å². The Morgan fingerprint density at radius 3 is 2.33 bits per heavy atom. The van der Waals surface area contributed by atoms with Crippen molar-refractivity contribution >= 4 is 11.6 Å². The zero-order valence-corrected chi connectivity index (χ0v) is 16.2. The smallest absolute Gasteiger partial charge is 0.269 e. The van der Waals surface area contributed by atoms with Crippen molar-refractivity contribution in [1.29, 1.82) is 0 Å². The molecule has 2 rings (SSSR count). The van der Waals surface area contributed by atoms with Crippen LogP contribution in [-0.2, 0) is 5.41 Å². The van der Waals surface area contributed by atoms with Crippen LogP contribution in [0.5, 0.6) is 11.5 Å². The number of ether oxygens (including phenoxy) is 2. The van der Waals surface area contributed by atoms with Crippen LogP contribution < -0.4 is 14.8 Å². The van der Waals surface area contributed by atoms with Gasteiger partial charge in [0.1, 0.15) is 0 Å². The minimum atomic E-state index is -0.477. The summed E-state index contributed by atoms with van der Waals surface area (Å²) in [5.41, 5.74) is 1.58. The van der Waals surface area contributed by atoms with Gasteiger partial charge in [-0.15, -0.1) is 0 Å². The molecule has 0 aliphatic heterocycles. The van der Waals surface area contributed by atoms with Crippen molar-refractivity contribution in [2.45, 2.75) is 26.2 Å². The molecule has 0 saturated carbocycles. The zero-order valence-electron chi connectivity index (χ0n) is 16.2. The van der Waals surface area contributed by atoms with Gasteiger partial charge in [0.15, 0.2) is 11.5 Å². The van der Waals surface area contributed by atoms with E-state index in [4.69, 9.17) is 9.47 Å². The Morgan fingerprint density at radius 2 is 1.78 bits per heavy atom. The number of nitrogens with zero attached hydrogens (tertiary/aromatic N) is 1. The standard InChI is InChI=1S/C20H24N2O5/c1-13-10-15(22(24)25)7-8-16(13)19(23)21-12-20(2,3)14-6-9-17(26-4)18(11-14)27-5/h6-11H,12H2,1-5H3,(H,21,23). The lowest BCUT2D eigenvalue weighted by atomic mass is 9.84. The average Bonchev–Trinajstić information content (AvgIpc) is 2.65. The molecule has 0 heterocycles. The maximum Gasteiger partial charge on any atom is 0.269 e. The van der Waals surface area contributed by atoms with Gasteiger partial charge in [-0.05, 0) is 36.2 Å². The second kappa shape index (κ2) is 8.07. The van der Waals surface area contributed by atoms with E-state index in [1.54, 1.807) is 21.1 Å². The number of benzene rings is 2. The van der Waals surface area contributed by atoms with Gasteiger partial charge < -0.3 is 14.8 Å². The first-order chi connectivity index (χ1) is 12.7. The van der Waals surface area contributed by atoms with Gasteiger partial charge in [-0.2, -0.15) is 0 Å². The van der Waals surface area contributed by atoms with E-state index in [9.17, 15) is 14.9 Å². The molecule has 0 unspecified atom stereocenters. The number of hydrogen-bond donors (Lipinski definition) is 1. The zero-order chi connectivity index (χ0) is 20.2. The van der Waals surface area contributed by atoms with Crippen molar-refractivity contribution in [3.05, 3.63) is 63.2 Å². The lowest BCUT2D eigenvalue weighted by Crippen LogP contribution is -2.37. The number of nitro groups is 1. The van der Waals surface area contributed by atoms with Gasteiger partial charge in [-0.25, -0.2) is 0 Å².